The van der Waals surface area contributed by atoms with Gasteiger partial charge in [-0.1, -0.05) is 0 Å². The maximum absolute atomic E-state index is 12.6. The molecule has 1 unspecified atom stereocenters. The second-order valence-corrected chi connectivity index (χ2v) is 7.12. The first kappa shape index (κ1) is 18.3. The molecule has 26 heavy (non-hydrogen) atoms. The number of carbonyl (C=O) groups excluding carboxylic acids is 1. The third-order valence-electron chi connectivity index (χ3n) is 4.57. The minimum absolute atomic E-state index is 0.0400. The van der Waals surface area contributed by atoms with Gasteiger partial charge in [0.15, 0.2) is 0 Å². The molecule has 0 bridgehead atoms. The Morgan fingerprint density at radius 3 is 2.46 bits per heavy atom. The van der Waals surface area contributed by atoms with E-state index in [0.717, 1.165) is 5.56 Å². The van der Waals surface area contributed by atoms with Crippen LogP contribution >= 0.6 is 0 Å². The summed E-state index contributed by atoms with van der Waals surface area (Å²) < 4.78 is 0. The van der Waals surface area contributed by atoms with Gasteiger partial charge in [0.2, 0.25) is 5.95 Å². The molecule has 7 heteroatoms. The predicted octanol–water partition coefficient (Wildman–Crippen LogP) is 1.80. The Balaban J connectivity index is 1.66. The van der Waals surface area contributed by atoms with Gasteiger partial charge in [-0.25, -0.2) is 9.97 Å². The molecular formula is C19H25N5O2. The van der Waals surface area contributed by atoms with E-state index in [4.69, 9.17) is 0 Å². The lowest BCUT2D eigenvalue weighted by Gasteiger charge is -2.38. The van der Waals surface area contributed by atoms with Crippen LogP contribution in [0.15, 0.2) is 36.9 Å². The van der Waals surface area contributed by atoms with Crippen molar-refractivity contribution in [1.29, 1.82) is 0 Å². The van der Waals surface area contributed by atoms with E-state index >= 15 is 0 Å². The lowest BCUT2D eigenvalue weighted by Crippen LogP contribution is -2.48. The maximum atomic E-state index is 12.6. The molecule has 1 atom stereocenters. The van der Waals surface area contributed by atoms with E-state index in [1.54, 1.807) is 12.4 Å². The van der Waals surface area contributed by atoms with Crippen LogP contribution < -0.4 is 10.6 Å². The Morgan fingerprint density at radius 1 is 1.23 bits per heavy atom. The largest absolute Gasteiger partial charge is 0.393 e. The summed E-state index contributed by atoms with van der Waals surface area (Å²) in [4.78, 5) is 25.0. The van der Waals surface area contributed by atoms with Gasteiger partial charge >= 0.3 is 0 Å². The standard InChI is InChI=1S/C19H25N5O2/c1-12(2)23-19-21-10-15(11-22-19)18(26)24-17(14-8-16(25)9-14)7-13-3-5-20-6-4-13/h3-6,10-12,14,16-17,25H,7-9H2,1-2H3,(H,24,26)(H,21,22,23). The van der Waals surface area contributed by atoms with E-state index in [2.05, 4.69) is 25.6 Å². The molecule has 0 aliphatic heterocycles. The van der Waals surface area contributed by atoms with Gasteiger partial charge in [0, 0.05) is 36.9 Å². The SMILES string of the molecule is CC(C)Nc1ncc(C(=O)NC(Cc2ccncc2)C2CC(O)C2)cn1. The van der Waals surface area contributed by atoms with Crippen molar-refractivity contribution in [3.63, 3.8) is 0 Å². The van der Waals surface area contributed by atoms with Crippen molar-refractivity contribution in [3.8, 4) is 0 Å². The Kier molecular flexibility index (Phi) is 5.78. The van der Waals surface area contributed by atoms with Crippen LogP contribution in [0.4, 0.5) is 5.95 Å². The van der Waals surface area contributed by atoms with E-state index in [1.165, 1.54) is 12.4 Å². The van der Waals surface area contributed by atoms with Crippen LogP contribution in [0.3, 0.4) is 0 Å². The number of amides is 1. The Labute approximate surface area is 153 Å². The number of aromatic nitrogens is 3. The van der Waals surface area contributed by atoms with E-state index in [9.17, 15) is 9.90 Å². The highest BCUT2D eigenvalue weighted by molar-refractivity contribution is 5.93. The Bertz CT molecular complexity index is 714. The number of rotatable bonds is 7. The number of carbonyl (C=O) groups is 1. The third kappa shape index (κ3) is 4.76. The molecule has 1 fully saturated rings. The van der Waals surface area contributed by atoms with Crippen LogP contribution in [-0.2, 0) is 6.42 Å². The molecule has 1 amide bonds. The first-order valence-corrected chi connectivity index (χ1v) is 8.97. The summed E-state index contributed by atoms with van der Waals surface area (Å²) >= 11 is 0. The van der Waals surface area contributed by atoms with Crippen LogP contribution in [0.1, 0.15) is 42.6 Å². The fourth-order valence-corrected chi connectivity index (χ4v) is 3.10. The average Bonchev–Trinajstić information content (AvgIpc) is 2.59. The molecule has 0 saturated heterocycles. The van der Waals surface area contributed by atoms with Crippen molar-refractivity contribution < 1.29 is 9.90 Å². The summed E-state index contributed by atoms with van der Waals surface area (Å²) in [5.74, 6) is 0.582. The monoisotopic (exact) mass is 355 g/mol. The molecule has 0 aromatic carbocycles. The quantitative estimate of drug-likeness (QED) is 0.700. The summed E-state index contributed by atoms with van der Waals surface area (Å²) in [6, 6.07) is 4.08. The van der Waals surface area contributed by atoms with Gasteiger partial charge in [0.25, 0.3) is 5.91 Å². The summed E-state index contributed by atoms with van der Waals surface area (Å²) in [7, 11) is 0. The molecular weight excluding hydrogens is 330 g/mol. The molecule has 1 aliphatic rings. The molecule has 2 aromatic rings. The van der Waals surface area contributed by atoms with Gasteiger partial charge in [-0.3, -0.25) is 9.78 Å². The van der Waals surface area contributed by atoms with Crippen LogP contribution in [0.5, 0.6) is 0 Å². The zero-order chi connectivity index (χ0) is 18.5. The Hall–Kier alpha value is -2.54. The zero-order valence-electron chi connectivity index (χ0n) is 15.1. The van der Waals surface area contributed by atoms with Crippen LogP contribution in [-0.4, -0.2) is 44.2 Å². The van der Waals surface area contributed by atoms with Crippen LogP contribution in [0.2, 0.25) is 0 Å². The number of aliphatic hydroxyl groups is 1. The molecule has 3 rings (SSSR count). The number of nitrogens with zero attached hydrogens (tertiary/aromatic N) is 3. The third-order valence-corrected chi connectivity index (χ3v) is 4.57. The van der Waals surface area contributed by atoms with Gasteiger partial charge < -0.3 is 15.7 Å². The van der Waals surface area contributed by atoms with Gasteiger partial charge in [-0.05, 0) is 56.7 Å². The molecule has 138 valence electrons. The molecule has 1 saturated carbocycles. The van der Waals surface area contributed by atoms with E-state index in [0.29, 0.717) is 30.8 Å². The van der Waals surface area contributed by atoms with Crippen molar-refractivity contribution in [3.05, 3.63) is 48.0 Å². The van der Waals surface area contributed by atoms with E-state index in [1.807, 2.05) is 26.0 Å². The molecule has 3 N–H and O–H groups in total. The first-order chi connectivity index (χ1) is 12.5. The molecule has 2 heterocycles. The highest BCUT2D eigenvalue weighted by atomic mass is 16.3. The minimum atomic E-state index is -0.262. The van der Waals surface area contributed by atoms with E-state index in [-0.39, 0.29) is 30.0 Å². The van der Waals surface area contributed by atoms with Crippen molar-refractivity contribution in [2.24, 2.45) is 5.92 Å². The molecule has 0 spiro atoms. The molecule has 1 aliphatic carbocycles. The summed E-state index contributed by atoms with van der Waals surface area (Å²) in [6.07, 6.45) is 8.43. The second kappa shape index (κ2) is 8.23. The van der Waals surface area contributed by atoms with Crippen molar-refractivity contribution in [2.75, 3.05) is 5.32 Å². The molecule has 2 aromatic heterocycles. The van der Waals surface area contributed by atoms with Crippen molar-refractivity contribution in [1.82, 2.24) is 20.3 Å². The molecule has 7 nitrogen and oxygen atoms in total. The zero-order valence-corrected chi connectivity index (χ0v) is 15.1. The second-order valence-electron chi connectivity index (χ2n) is 7.12. The number of hydrogen-bond donors (Lipinski definition) is 3. The van der Waals surface area contributed by atoms with Gasteiger partial charge in [0.05, 0.1) is 11.7 Å². The van der Waals surface area contributed by atoms with Gasteiger partial charge in [-0.15, -0.1) is 0 Å². The average molecular weight is 355 g/mol. The van der Waals surface area contributed by atoms with Gasteiger partial charge in [-0.2, -0.15) is 0 Å². The summed E-state index contributed by atoms with van der Waals surface area (Å²) in [5.41, 5.74) is 1.54. The fraction of sp³-hybridized carbons (Fsp3) is 0.474. The highest BCUT2D eigenvalue weighted by Gasteiger charge is 2.35. The normalized spacial score (nSPS) is 20.3. The fourth-order valence-electron chi connectivity index (χ4n) is 3.10. The number of hydrogen-bond acceptors (Lipinski definition) is 6. The smallest absolute Gasteiger partial charge is 0.254 e. The van der Waals surface area contributed by atoms with Crippen molar-refractivity contribution >= 4 is 11.9 Å². The Morgan fingerprint density at radius 2 is 1.88 bits per heavy atom. The minimum Gasteiger partial charge on any atom is -0.393 e. The number of nitrogens with one attached hydrogen (secondary N) is 2. The number of aliphatic hydroxyl groups excluding tert-OH is 1. The lowest BCUT2D eigenvalue weighted by atomic mass is 9.75. The van der Waals surface area contributed by atoms with Gasteiger partial charge in [0.1, 0.15) is 0 Å². The highest BCUT2D eigenvalue weighted by Crippen LogP contribution is 2.31. The van der Waals surface area contributed by atoms with Crippen LogP contribution in [0, 0.1) is 5.92 Å². The lowest BCUT2D eigenvalue weighted by molar-refractivity contribution is 0.0239. The van der Waals surface area contributed by atoms with E-state index < -0.39 is 0 Å². The summed E-state index contributed by atoms with van der Waals surface area (Å²) in [5, 5.41) is 15.8. The summed E-state index contributed by atoms with van der Waals surface area (Å²) in [6.45, 7) is 4.00. The number of anilines is 1. The topological polar surface area (TPSA) is 100 Å². The molecule has 0 radical (unpaired) electrons. The number of pyridine rings is 1. The predicted molar refractivity (Wildman–Crippen MR) is 98.7 cm³/mol. The maximum Gasteiger partial charge on any atom is 0.254 e. The first-order valence-electron chi connectivity index (χ1n) is 8.97. The van der Waals surface area contributed by atoms with Crippen LogP contribution in [0.25, 0.3) is 0 Å². The van der Waals surface area contributed by atoms with Crippen molar-refractivity contribution in [2.45, 2.75) is 51.3 Å².